The van der Waals surface area contributed by atoms with Gasteiger partial charge in [-0.15, -0.1) is 0 Å². The molecule has 0 atom stereocenters. The molecule has 4 rings (SSSR count). The zero-order valence-electron chi connectivity index (χ0n) is 11.9. The molecule has 1 fully saturated rings. The summed E-state index contributed by atoms with van der Waals surface area (Å²) in [7, 11) is 0. The Balaban J connectivity index is 1.58. The molecule has 0 radical (unpaired) electrons. The molecule has 3 heterocycles. The van der Waals surface area contributed by atoms with Crippen LogP contribution in [0.4, 0.5) is 0 Å². The van der Waals surface area contributed by atoms with Gasteiger partial charge in [-0.05, 0) is 35.9 Å². The first kappa shape index (κ1) is 14.3. The number of nitrogens with zero attached hydrogens (tertiary/aromatic N) is 1. The molecule has 0 bridgehead atoms. The van der Waals surface area contributed by atoms with Crippen LogP contribution in [0.2, 0.25) is 0 Å². The number of benzene rings is 1. The highest BCUT2D eigenvalue weighted by molar-refractivity contribution is 8.23. The molecule has 1 aromatic heterocycles. The Bertz CT molecular complexity index is 813. The van der Waals surface area contributed by atoms with Crippen LogP contribution in [-0.2, 0) is 11.3 Å². The molecule has 0 saturated carbocycles. The van der Waals surface area contributed by atoms with Crippen LogP contribution in [0, 0.1) is 0 Å². The van der Waals surface area contributed by atoms with Crippen LogP contribution in [0.25, 0.3) is 6.08 Å². The minimum Gasteiger partial charge on any atom is -0.467 e. The van der Waals surface area contributed by atoms with Crippen molar-refractivity contribution in [3.05, 3.63) is 53.5 Å². The third-order valence-electron chi connectivity index (χ3n) is 3.46. The van der Waals surface area contributed by atoms with Gasteiger partial charge in [0.15, 0.2) is 11.5 Å². The van der Waals surface area contributed by atoms with E-state index < -0.39 is 0 Å². The zero-order valence-corrected chi connectivity index (χ0v) is 13.5. The van der Waals surface area contributed by atoms with Gasteiger partial charge in [-0.25, -0.2) is 0 Å². The Labute approximate surface area is 142 Å². The van der Waals surface area contributed by atoms with Crippen molar-refractivity contribution in [1.82, 2.24) is 4.31 Å². The van der Waals surface area contributed by atoms with E-state index in [4.69, 9.17) is 26.1 Å². The lowest BCUT2D eigenvalue weighted by Gasteiger charge is -2.10. The molecular weight excluding hydrogens is 334 g/mol. The summed E-state index contributed by atoms with van der Waals surface area (Å²) >= 11 is 6.59. The van der Waals surface area contributed by atoms with Crippen molar-refractivity contribution in [3.63, 3.8) is 0 Å². The maximum atomic E-state index is 12.5. The van der Waals surface area contributed by atoms with Gasteiger partial charge in [-0.2, -0.15) is 0 Å². The standard InChI is InChI=1S/C16H11NO4S2/c18-15-12(6-10-3-4-13-14(7-10)21-9-20-13)16(22)23-17(15)8-11-2-1-5-19-11/h1-7H,8-9H2/b12-6+. The smallest absolute Gasteiger partial charge is 0.266 e. The van der Waals surface area contributed by atoms with Crippen LogP contribution in [0.5, 0.6) is 11.5 Å². The number of ether oxygens (including phenoxy) is 2. The van der Waals surface area contributed by atoms with Crippen LogP contribution in [-0.4, -0.2) is 21.2 Å². The molecule has 23 heavy (non-hydrogen) atoms. The topological polar surface area (TPSA) is 51.9 Å². The van der Waals surface area contributed by atoms with Crippen molar-refractivity contribution in [3.8, 4) is 11.5 Å². The number of amides is 1. The van der Waals surface area contributed by atoms with Crippen LogP contribution in [0.15, 0.2) is 46.6 Å². The first-order valence-electron chi connectivity index (χ1n) is 6.88. The second-order valence-electron chi connectivity index (χ2n) is 4.97. The third kappa shape index (κ3) is 2.73. The van der Waals surface area contributed by atoms with Crippen molar-refractivity contribution in [2.45, 2.75) is 6.54 Å². The number of fused-ring (bicyclic) bond motifs is 1. The number of hydrogen-bond acceptors (Lipinski definition) is 6. The predicted molar refractivity (Wildman–Crippen MR) is 90.0 cm³/mol. The minimum absolute atomic E-state index is 0.117. The molecule has 1 saturated heterocycles. The molecule has 116 valence electrons. The summed E-state index contributed by atoms with van der Waals surface area (Å²) < 4.78 is 18.1. The fourth-order valence-corrected chi connectivity index (χ4v) is 3.58. The molecule has 2 aliphatic rings. The minimum atomic E-state index is -0.117. The van der Waals surface area contributed by atoms with Crippen LogP contribution >= 0.6 is 24.2 Å². The number of hydrogen-bond donors (Lipinski definition) is 0. The van der Waals surface area contributed by atoms with Gasteiger partial charge >= 0.3 is 0 Å². The summed E-state index contributed by atoms with van der Waals surface area (Å²) in [6.45, 7) is 0.606. The Hall–Kier alpha value is -2.25. The van der Waals surface area contributed by atoms with Gasteiger partial charge < -0.3 is 13.9 Å². The molecule has 5 nitrogen and oxygen atoms in total. The van der Waals surface area contributed by atoms with E-state index in [0.717, 1.165) is 11.3 Å². The summed E-state index contributed by atoms with van der Waals surface area (Å²) in [6, 6.07) is 9.16. The second kappa shape index (κ2) is 5.75. The van der Waals surface area contributed by atoms with Gasteiger partial charge in [0.2, 0.25) is 6.79 Å². The molecule has 1 aromatic carbocycles. The monoisotopic (exact) mass is 345 g/mol. The van der Waals surface area contributed by atoms with Gasteiger partial charge in [0, 0.05) is 11.9 Å². The first-order valence-corrected chi connectivity index (χ1v) is 8.07. The van der Waals surface area contributed by atoms with Crippen LogP contribution < -0.4 is 9.47 Å². The Morgan fingerprint density at radius 3 is 2.96 bits per heavy atom. The summed E-state index contributed by atoms with van der Waals surface area (Å²) in [4.78, 5) is 12.5. The molecule has 1 amide bonds. The summed E-state index contributed by atoms with van der Waals surface area (Å²) in [6.07, 6.45) is 3.37. The van der Waals surface area contributed by atoms with Crippen molar-refractivity contribution in [1.29, 1.82) is 0 Å². The summed E-state index contributed by atoms with van der Waals surface area (Å²) in [5, 5.41) is 0. The fraction of sp³-hybridized carbons (Fsp3) is 0.125. The Kier molecular flexibility index (Phi) is 3.59. The van der Waals surface area contributed by atoms with E-state index in [9.17, 15) is 4.79 Å². The third-order valence-corrected chi connectivity index (χ3v) is 4.80. The highest BCUT2D eigenvalue weighted by Gasteiger charge is 2.32. The molecule has 0 unspecified atom stereocenters. The molecule has 2 aromatic rings. The maximum absolute atomic E-state index is 12.5. The van der Waals surface area contributed by atoms with Crippen molar-refractivity contribution in [2.24, 2.45) is 0 Å². The predicted octanol–water partition coefficient (Wildman–Crippen LogP) is 3.41. The number of carbonyl (C=O) groups is 1. The summed E-state index contributed by atoms with van der Waals surface area (Å²) in [5.41, 5.74) is 1.36. The SMILES string of the molecule is O=C1/C(=C\c2ccc3c(c2)OCO3)C(=S)SN1Cc1ccco1. The van der Waals surface area contributed by atoms with E-state index in [2.05, 4.69) is 0 Å². The molecule has 0 spiro atoms. The van der Waals surface area contributed by atoms with Gasteiger partial charge in [0.1, 0.15) is 9.96 Å². The van der Waals surface area contributed by atoms with E-state index in [-0.39, 0.29) is 12.7 Å². The van der Waals surface area contributed by atoms with E-state index in [1.807, 2.05) is 24.3 Å². The average Bonchev–Trinajstić information content (AvgIpc) is 3.25. The number of furan rings is 1. The largest absolute Gasteiger partial charge is 0.467 e. The highest BCUT2D eigenvalue weighted by Crippen LogP contribution is 2.36. The number of thiocarbonyl (C=S) groups is 1. The van der Waals surface area contributed by atoms with Gasteiger partial charge in [-0.1, -0.05) is 18.3 Å². The average molecular weight is 345 g/mol. The summed E-state index contributed by atoms with van der Waals surface area (Å²) in [5.74, 6) is 1.99. The first-order chi connectivity index (χ1) is 11.2. The van der Waals surface area contributed by atoms with Crippen molar-refractivity contribution < 1.29 is 18.7 Å². The van der Waals surface area contributed by atoms with E-state index >= 15 is 0 Å². The quantitative estimate of drug-likeness (QED) is 0.483. The normalized spacial score (nSPS) is 18.3. The Morgan fingerprint density at radius 2 is 2.13 bits per heavy atom. The van der Waals surface area contributed by atoms with Crippen molar-refractivity contribution >= 4 is 40.3 Å². The fourth-order valence-electron chi connectivity index (χ4n) is 2.35. The molecule has 0 aliphatic carbocycles. The Morgan fingerprint density at radius 1 is 1.26 bits per heavy atom. The highest BCUT2D eigenvalue weighted by atomic mass is 32.2. The lowest BCUT2D eigenvalue weighted by atomic mass is 10.1. The number of carbonyl (C=O) groups excluding carboxylic acids is 1. The van der Waals surface area contributed by atoms with Crippen molar-refractivity contribution in [2.75, 3.05) is 6.79 Å². The van der Waals surface area contributed by atoms with Gasteiger partial charge in [-0.3, -0.25) is 9.10 Å². The lowest BCUT2D eigenvalue weighted by molar-refractivity contribution is -0.121. The van der Waals surface area contributed by atoms with Gasteiger partial charge in [0.25, 0.3) is 5.91 Å². The molecule has 2 aliphatic heterocycles. The lowest BCUT2D eigenvalue weighted by Crippen LogP contribution is -2.18. The van der Waals surface area contributed by atoms with Gasteiger partial charge in [0.05, 0.1) is 18.4 Å². The van der Waals surface area contributed by atoms with Crippen LogP contribution in [0.3, 0.4) is 0 Å². The van der Waals surface area contributed by atoms with E-state index in [0.29, 0.717) is 27.8 Å². The molecule has 0 N–H and O–H groups in total. The molecular formula is C16H11NO4S2. The number of rotatable bonds is 3. The zero-order chi connectivity index (χ0) is 15.8. The van der Waals surface area contributed by atoms with E-state index in [1.165, 1.54) is 11.9 Å². The maximum Gasteiger partial charge on any atom is 0.266 e. The van der Waals surface area contributed by atoms with Crippen LogP contribution in [0.1, 0.15) is 11.3 Å². The second-order valence-corrected chi connectivity index (χ2v) is 6.67. The molecule has 7 heteroatoms. The van der Waals surface area contributed by atoms with E-state index in [1.54, 1.807) is 22.7 Å².